The van der Waals surface area contributed by atoms with Gasteiger partial charge in [0.05, 0.1) is 10.0 Å². The van der Waals surface area contributed by atoms with Crippen molar-refractivity contribution >= 4 is 40.8 Å². The number of benzene rings is 1. The fourth-order valence-corrected chi connectivity index (χ4v) is 1.48. The van der Waals surface area contributed by atoms with Crippen molar-refractivity contribution in [2.24, 2.45) is 21.5 Å². The molecule has 0 aliphatic carbocycles. The van der Waals surface area contributed by atoms with E-state index in [0.29, 0.717) is 15.7 Å². The number of hydrogen-bond acceptors (Lipinski definition) is 2. The van der Waals surface area contributed by atoms with Crippen LogP contribution in [0.15, 0.2) is 28.2 Å². The zero-order valence-electron chi connectivity index (χ0n) is 10.5. The van der Waals surface area contributed by atoms with Gasteiger partial charge in [-0.15, -0.1) is 0 Å². The fraction of sp³-hybridized carbons (Fsp3) is 0.273. The van der Waals surface area contributed by atoms with Crippen LogP contribution < -0.4 is 16.8 Å². The number of nitrogens with zero attached hydrogens (tertiary/aromatic N) is 2. The Morgan fingerprint density at radius 1 is 1.26 bits per heavy atom. The van der Waals surface area contributed by atoms with Gasteiger partial charge in [-0.1, -0.05) is 23.2 Å². The molecule has 0 radical (unpaired) electrons. The summed E-state index contributed by atoms with van der Waals surface area (Å²) in [6.45, 7) is 2.94. The molecule has 0 spiro atoms. The van der Waals surface area contributed by atoms with Crippen molar-refractivity contribution in [3.63, 3.8) is 0 Å². The lowest BCUT2D eigenvalue weighted by molar-refractivity contribution is 0.0906. The molecule has 0 amide bonds. The molecule has 0 fully saturated rings. The third kappa shape index (κ3) is 5.78. The van der Waals surface area contributed by atoms with Crippen molar-refractivity contribution in [2.75, 3.05) is 5.32 Å². The number of nitrogens with two attached hydrogens (primary N) is 2. The van der Waals surface area contributed by atoms with Crippen LogP contribution in [0.5, 0.6) is 0 Å². The number of aliphatic hydroxyl groups is 1. The monoisotopic (exact) mass is 303 g/mol. The molecule has 1 aromatic rings. The van der Waals surface area contributed by atoms with Gasteiger partial charge in [-0.2, -0.15) is 4.99 Å². The average Bonchev–Trinajstić information content (AvgIpc) is 2.20. The van der Waals surface area contributed by atoms with Crippen LogP contribution in [-0.2, 0) is 0 Å². The number of guanidine groups is 2. The summed E-state index contributed by atoms with van der Waals surface area (Å²) in [7, 11) is 0. The Labute approximate surface area is 121 Å². The van der Waals surface area contributed by atoms with Gasteiger partial charge in [0.15, 0.2) is 5.72 Å². The number of aliphatic imine (C=N–C) groups is 2. The predicted octanol–water partition coefficient (Wildman–Crippen LogP) is 1.76. The lowest BCUT2D eigenvalue weighted by Crippen LogP contribution is -2.28. The van der Waals surface area contributed by atoms with Crippen LogP contribution in [0.2, 0.25) is 10.0 Å². The highest BCUT2D eigenvalue weighted by Gasteiger charge is 2.10. The standard InChI is InChI=1S/C11H15Cl2N5O/c1-11(2,19)18-10(15)17-9(14)16-6-3-4-7(12)8(13)5-6/h3-5,19H,1-2H3,(H5,14,15,16,17,18). The van der Waals surface area contributed by atoms with Gasteiger partial charge in [0.25, 0.3) is 0 Å². The molecule has 1 aromatic carbocycles. The van der Waals surface area contributed by atoms with Crippen LogP contribution in [0.4, 0.5) is 5.69 Å². The molecule has 8 heteroatoms. The molecule has 6 nitrogen and oxygen atoms in total. The van der Waals surface area contributed by atoms with E-state index in [4.69, 9.17) is 34.7 Å². The number of halogens is 2. The van der Waals surface area contributed by atoms with Crippen molar-refractivity contribution in [3.8, 4) is 0 Å². The first-order valence-corrected chi connectivity index (χ1v) is 6.07. The second kappa shape index (κ2) is 6.10. The normalized spacial score (nSPS) is 13.5. The molecule has 1 rings (SSSR count). The third-order valence-electron chi connectivity index (χ3n) is 1.82. The van der Waals surface area contributed by atoms with E-state index in [1.165, 1.54) is 13.8 Å². The van der Waals surface area contributed by atoms with Crippen LogP contribution >= 0.6 is 23.2 Å². The summed E-state index contributed by atoms with van der Waals surface area (Å²) in [5.74, 6) is -0.124. The van der Waals surface area contributed by atoms with Gasteiger partial charge in [-0.3, -0.25) is 0 Å². The molecule has 0 saturated carbocycles. The zero-order chi connectivity index (χ0) is 14.6. The lowest BCUT2D eigenvalue weighted by Gasteiger charge is -2.11. The van der Waals surface area contributed by atoms with Gasteiger partial charge in [0.1, 0.15) is 0 Å². The van der Waals surface area contributed by atoms with E-state index < -0.39 is 5.72 Å². The van der Waals surface area contributed by atoms with E-state index in [-0.39, 0.29) is 11.9 Å². The number of rotatable bonds is 2. The molecular weight excluding hydrogens is 289 g/mol. The smallest absolute Gasteiger partial charge is 0.221 e. The number of nitrogens with one attached hydrogen (secondary N) is 1. The number of anilines is 1. The molecule has 6 N–H and O–H groups in total. The Morgan fingerprint density at radius 2 is 1.89 bits per heavy atom. The summed E-state index contributed by atoms with van der Waals surface area (Å²) in [5.41, 5.74) is 10.4. The minimum Gasteiger partial charge on any atom is -0.370 e. The maximum Gasteiger partial charge on any atom is 0.221 e. The van der Waals surface area contributed by atoms with E-state index in [1.54, 1.807) is 18.2 Å². The zero-order valence-corrected chi connectivity index (χ0v) is 12.0. The molecule has 0 aromatic heterocycles. The van der Waals surface area contributed by atoms with Crippen LogP contribution in [-0.4, -0.2) is 22.8 Å². The van der Waals surface area contributed by atoms with E-state index in [2.05, 4.69) is 15.3 Å². The van der Waals surface area contributed by atoms with E-state index in [1.807, 2.05) is 0 Å². The third-order valence-corrected chi connectivity index (χ3v) is 2.55. The van der Waals surface area contributed by atoms with Crippen LogP contribution in [0.3, 0.4) is 0 Å². The molecule has 19 heavy (non-hydrogen) atoms. The van der Waals surface area contributed by atoms with Crippen molar-refractivity contribution in [2.45, 2.75) is 19.6 Å². The maximum atomic E-state index is 9.43. The van der Waals surface area contributed by atoms with Crippen molar-refractivity contribution in [1.82, 2.24) is 0 Å². The largest absolute Gasteiger partial charge is 0.370 e. The molecule has 0 saturated heterocycles. The van der Waals surface area contributed by atoms with Crippen molar-refractivity contribution < 1.29 is 5.11 Å². The van der Waals surface area contributed by atoms with Gasteiger partial charge in [-0.05, 0) is 32.0 Å². The van der Waals surface area contributed by atoms with Gasteiger partial charge in [0.2, 0.25) is 11.9 Å². The summed E-state index contributed by atoms with van der Waals surface area (Å²) >= 11 is 11.6. The summed E-state index contributed by atoms with van der Waals surface area (Å²) < 4.78 is 0. The highest BCUT2D eigenvalue weighted by molar-refractivity contribution is 6.42. The van der Waals surface area contributed by atoms with Crippen molar-refractivity contribution in [3.05, 3.63) is 28.2 Å². The maximum absolute atomic E-state index is 9.43. The van der Waals surface area contributed by atoms with Crippen LogP contribution in [0.1, 0.15) is 13.8 Å². The van der Waals surface area contributed by atoms with Crippen molar-refractivity contribution in [1.29, 1.82) is 0 Å². The topological polar surface area (TPSA) is 109 Å². The molecule has 0 aliphatic heterocycles. The molecule has 0 bridgehead atoms. The van der Waals surface area contributed by atoms with E-state index in [9.17, 15) is 5.11 Å². The minimum atomic E-state index is -1.31. The number of hydrogen-bond donors (Lipinski definition) is 4. The summed E-state index contributed by atoms with van der Waals surface area (Å²) in [6, 6.07) is 4.89. The van der Waals surface area contributed by atoms with Gasteiger partial charge in [-0.25, -0.2) is 4.99 Å². The Balaban J connectivity index is 2.81. The first-order valence-electron chi connectivity index (χ1n) is 5.31. The highest BCUT2D eigenvalue weighted by atomic mass is 35.5. The Morgan fingerprint density at radius 3 is 2.42 bits per heavy atom. The summed E-state index contributed by atoms with van der Waals surface area (Å²) in [5, 5.41) is 13.0. The lowest BCUT2D eigenvalue weighted by atomic mass is 10.3. The Kier molecular flexibility index (Phi) is 4.99. The average molecular weight is 304 g/mol. The Bertz CT molecular complexity index is 522. The van der Waals surface area contributed by atoms with Crippen LogP contribution in [0, 0.1) is 0 Å². The SMILES string of the molecule is CC(C)(O)N=C(N)N=C(N)Nc1ccc(Cl)c(Cl)c1. The molecule has 0 aliphatic rings. The molecule has 0 atom stereocenters. The second-order valence-corrected chi connectivity index (χ2v) is 5.03. The summed E-state index contributed by atoms with van der Waals surface area (Å²) in [6.07, 6.45) is 0. The van der Waals surface area contributed by atoms with E-state index in [0.717, 1.165) is 0 Å². The van der Waals surface area contributed by atoms with Gasteiger partial charge >= 0.3 is 0 Å². The van der Waals surface area contributed by atoms with Gasteiger partial charge in [0, 0.05) is 5.69 Å². The quantitative estimate of drug-likeness (QED) is 0.493. The van der Waals surface area contributed by atoms with Crippen LogP contribution in [0.25, 0.3) is 0 Å². The highest BCUT2D eigenvalue weighted by Crippen LogP contribution is 2.24. The first-order chi connectivity index (χ1) is 8.67. The first kappa shape index (κ1) is 15.6. The molecule has 104 valence electrons. The Hall–Kier alpha value is -1.50. The summed E-state index contributed by atoms with van der Waals surface area (Å²) in [4.78, 5) is 7.50. The minimum absolute atomic E-state index is 0.0175. The molecule has 0 heterocycles. The second-order valence-electron chi connectivity index (χ2n) is 4.22. The van der Waals surface area contributed by atoms with Gasteiger partial charge < -0.3 is 21.9 Å². The fourth-order valence-electron chi connectivity index (χ4n) is 1.18. The molecule has 0 unspecified atom stereocenters. The predicted molar refractivity (Wildman–Crippen MR) is 79.6 cm³/mol. The van der Waals surface area contributed by atoms with E-state index >= 15 is 0 Å². The molecular formula is C11H15Cl2N5O.